The molecule has 0 spiro atoms. The van der Waals surface area contributed by atoms with Gasteiger partial charge in [0.25, 0.3) is 0 Å². The summed E-state index contributed by atoms with van der Waals surface area (Å²) in [5.41, 5.74) is 8.16. The predicted molar refractivity (Wildman–Crippen MR) is 145 cm³/mol. The van der Waals surface area contributed by atoms with Crippen molar-refractivity contribution >= 4 is 11.4 Å². The average molecular weight is 477 g/mol. The summed E-state index contributed by atoms with van der Waals surface area (Å²) in [4.78, 5) is 4.92. The van der Waals surface area contributed by atoms with Crippen molar-refractivity contribution < 1.29 is 9.84 Å². The van der Waals surface area contributed by atoms with Crippen LogP contribution in [0.3, 0.4) is 0 Å². The monoisotopic (exact) mass is 476 g/mol. The molecular formula is C32H32N2O2. The van der Waals surface area contributed by atoms with Crippen LogP contribution < -0.4 is 9.80 Å². The molecule has 0 saturated heterocycles. The van der Waals surface area contributed by atoms with Crippen LogP contribution in [-0.2, 0) is 16.9 Å². The Bertz CT molecular complexity index is 1330. The van der Waals surface area contributed by atoms with Crippen LogP contribution >= 0.6 is 0 Å². The van der Waals surface area contributed by atoms with Crippen molar-refractivity contribution in [2.45, 2.75) is 32.0 Å². The Morgan fingerprint density at radius 3 is 2.08 bits per heavy atom. The highest BCUT2D eigenvalue weighted by Gasteiger charge is 2.38. The van der Waals surface area contributed by atoms with Gasteiger partial charge in [-0.25, -0.2) is 0 Å². The van der Waals surface area contributed by atoms with E-state index in [-0.39, 0.29) is 12.6 Å². The van der Waals surface area contributed by atoms with Crippen molar-refractivity contribution in [3.8, 4) is 0 Å². The largest absolute Gasteiger partial charge is 0.378 e. The van der Waals surface area contributed by atoms with E-state index < -0.39 is 5.60 Å². The number of rotatable bonds is 6. The van der Waals surface area contributed by atoms with E-state index in [1.54, 1.807) is 0 Å². The van der Waals surface area contributed by atoms with Crippen molar-refractivity contribution in [1.29, 1.82) is 0 Å². The van der Waals surface area contributed by atoms with Gasteiger partial charge in [0.05, 0.1) is 25.9 Å². The SMILES string of the molecule is Cc1ccc2c(c1)CN1CN2[C@@H](COCC(O)(c2ccccc2)c2ccccc2)c2cc(C)ccc21. The van der Waals surface area contributed by atoms with Crippen LogP contribution in [0.5, 0.6) is 0 Å². The number of fused-ring (bicyclic) bond motifs is 6. The van der Waals surface area contributed by atoms with Crippen LogP contribution in [0.4, 0.5) is 11.4 Å². The van der Waals surface area contributed by atoms with Gasteiger partial charge in [0, 0.05) is 23.5 Å². The summed E-state index contributed by atoms with van der Waals surface area (Å²) < 4.78 is 6.46. The second kappa shape index (κ2) is 9.12. The molecule has 2 aliphatic rings. The zero-order valence-electron chi connectivity index (χ0n) is 20.9. The van der Waals surface area contributed by atoms with Crippen LogP contribution in [-0.4, -0.2) is 25.0 Å². The molecule has 0 amide bonds. The fraction of sp³-hybridized carbons (Fsp3) is 0.250. The van der Waals surface area contributed by atoms with E-state index >= 15 is 0 Å². The van der Waals surface area contributed by atoms with Crippen molar-refractivity contribution in [2.24, 2.45) is 0 Å². The number of nitrogens with zero attached hydrogens (tertiary/aromatic N) is 2. The number of aryl methyl sites for hydroxylation is 2. The summed E-state index contributed by atoms with van der Waals surface area (Å²) >= 11 is 0. The average Bonchev–Trinajstić information content (AvgIpc) is 2.91. The molecule has 36 heavy (non-hydrogen) atoms. The van der Waals surface area contributed by atoms with Crippen molar-refractivity contribution in [3.63, 3.8) is 0 Å². The Morgan fingerprint density at radius 1 is 0.806 bits per heavy atom. The van der Waals surface area contributed by atoms with Gasteiger partial charge in [-0.3, -0.25) is 0 Å². The molecule has 0 radical (unpaired) electrons. The molecule has 2 aliphatic heterocycles. The highest BCUT2D eigenvalue weighted by molar-refractivity contribution is 5.70. The smallest absolute Gasteiger partial charge is 0.138 e. The molecule has 0 saturated carbocycles. The Balaban J connectivity index is 1.33. The first-order chi connectivity index (χ1) is 17.5. The van der Waals surface area contributed by atoms with E-state index in [4.69, 9.17) is 4.74 Å². The number of hydrogen-bond acceptors (Lipinski definition) is 4. The standard InChI is InChI=1S/C32H32N2O2/c1-23-13-15-29-25(17-23)19-33-22-34(29)31(28-18-24(2)14-16-30(28)33)20-36-21-32(35,26-9-5-3-6-10-26)27-11-7-4-8-12-27/h3-18,31,35H,19-22H2,1-2H3/t31-/m0/s1. The van der Waals surface area contributed by atoms with Crippen LogP contribution in [0.25, 0.3) is 0 Å². The van der Waals surface area contributed by atoms with Gasteiger partial charge in [-0.2, -0.15) is 0 Å². The number of hydrogen-bond donors (Lipinski definition) is 1. The molecule has 0 fully saturated rings. The van der Waals surface area contributed by atoms with Crippen LogP contribution in [0.2, 0.25) is 0 Å². The summed E-state index contributed by atoms with van der Waals surface area (Å²) in [7, 11) is 0. The second-order valence-electron chi connectivity index (χ2n) is 10.1. The van der Waals surface area contributed by atoms with Crippen molar-refractivity contribution in [2.75, 3.05) is 29.7 Å². The van der Waals surface area contributed by atoms with E-state index in [1.807, 2.05) is 60.7 Å². The molecule has 2 heterocycles. The highest BCUT2D eigenvalue weighted by Crippen LogP contribution is 2.44. The lowest BCUT2D eigenvalue weighted by atomic mass is 9.87. The molecule has 0 aliphatic carbocycles. The minimum absolute atomic E-state index is 0.0636. The number of benzene rings is 4. The Labute approximate surface area is 213 Å². The van der Waals surface area contributed by atoms with Gasteiger partial charge in [-0.15, -0.1) is 0 Å². The molecule has 2 bridgehead atoms. The first-order valence-corrected chi connectivity index (χ1v) is 12.7. The number of anilines is 2. The van der Waals surface area contributed by atoms with Gasteiger partial charge in [-0.05, 0) is 42.7 Å². The third-order valence-electron chi connectivity index (χ3n) is 7.58. The van der Waals surface area contributed by atoms with Gasteiger partial charge in [-0.1, -0.05) is 96.1 Å². The quantitative estimate of drug-likeness (QED) is 0.365. The molecule has 4 aromatic rings. The molecule has 4 heteroatoms. The van der Waals surface area contributed by atoms with Crippen molar-refractivity contribution in [3.05, 3.63) is 130 Å². The summed E-state index contributed by atoms with van der Waals surface area (Å²) in [6, 6.07) is 33.2. The minimum atomic E-state index is -1.23. The fourth-order valence-electron chi connectivity index (χ4n) is 5.72. The molecule has 0 aromatic heterocycles. The lowest BCUT2D eigenvalue weighted by Gasteiger charge is -2.49. The molecule has 4 aromatic carbocycles. The second-order valence-corrected chi connectivity index (χ2v) is 10.1. The number of ether oxygens (including phenoxy) is 1. The summed E-state index contributed by atoms with van der Waals surface area (Å²) in [5.74, 6) is 0. The van der Waals surface area contributed by atoms with Crippen molar-refractivity contribution in [1.82, 2.24) is 0 Å². The normalized spacial score (nSPS) is 16.5. The van der Waals surface area contributed by atoms with Gasteiger partial charge in [0.15, 0.2) is 0 Å². The van der Waals surface area contributed by atoms with Gasteiger partial charge < -0.3 is 19.6 Å². The highest BCUT2D eigenvalue weighted by atomic mass is 16.5. The lowest BCUT2D eigenvalue weighted by Crippen LogP contribution is -2.50. The van der Waals surface area contributed by atoms with Crippen LogP contribution in [0, 0.1) is 13.8 Å². The molecule has 4 nitrogen and oxygen atoms in total. The summed E-state index contributed by atoms with van der Waals surface area (Å²) in [6.07, 6.45) is 0. The summed E-state index contributed by atoms with van der Waals surface area (Å²) in [6.45, 7) is 6.71. The third kappa shape index (κ3) is 3.97. The first-order valence-electron chi connectivity index (χ1n) is 12.7. The molecule has 1 atom stereocenters. The van der Waals surface area contributed by atoms with Gasteiger partial charge in [0.2, 0.25) is 0 Å². The first kappa shape index (κ1) is 22.8. The molecule has 1 N–H and O–H groups in total. The topological polar surface area (TPSA) is 35.9 Å². The van der Waals surface area contributed by atoms with Crippen LogP contribution in [0.1, 0.15) is 39.4 Å². The third-order valence-corrected chi connectivity index (χ3v) is 7.58. The zero-order valence-corrected chi connectivity index (χ0v) is 20.9. The van der Waals surface area contributed by atoms with E-state index in [0.29, 0.717) is 6.61 Å². The Morgan fingerprint density at radius 2 is 1.42 bits per heavy atom. The summed E-state index contributed by atoms with van der Waals surface area (Å²) in [5, 5.41) is 11.9. The van der Waals surface area contributed by atoms with E-state index in [9.17, 15) is 5.11 Å². The van der Waals surface area contributed by atoms with E-state index in [0.717, 1.165) is 24.3 Å². The van der Waals surface area contributed by atoms with Crippen LogP contribution in [0.15, 0.2) is 97.1 Å². The minimum Gasteiger partial charge on any atom is -0.378 e. The molecule has 182 valence electrons. The van der Waals surface area contributed by atoms with E-state index in [2.05, 4.69) is 60.0 Å². The Kier molecular flexibility index (Phi) is 5.79. The molecule has 0 unspecified atom stereocenters. The molecular weight excluding hydrogens is 444 g/mol. The van der Waals surface area contributed by atoms with Gasteiger partial charge >= 0.3 is 0 Å². The fourth-order valence-corrected chi connectivity index (χ4v) is 5.72. The maximum absolute atomic E-state index is 11.9. The zero-order chi connectivity index (χ0) is 24.7. The van der Waals surface area contributed by atoms with E-state index in [1.165, 1.54) is 33.6 Å². The number of aliphatic hydroxyl groups is 1. The maximum atomic E-state index is 11.9. The Hall–Kier alpha value is -3.60. The predicted octanol–water partition coefficient (Wildman–Crippen LogP) is 6.09. The van der Waals surface area contributed by atoms with Gasteiger partial charge in [0.1, 0.15) is 5.60 Å². The lowest BCUT2D eigenvalue weighted by molar-refractivity contribution is -0.0264. The molecule has 6 rings (SSSR count). The maximum Gasteiger partial charge on any atom is 0.138 e.